The third-order valence-electron chi connectivity index (χ3n) is 12.5. The van der Waals surface area contributed by atoms with Crippen LogP contribution in [-0.4, -0.2) is 57.3 Å². The smallest absolute Gasteiger partial charge is 0.249 e. The SMILES string of the molecule is CCCCCCCCCCCCCC/C=C\CCCCCCCCCCCCCC(O)C(=O)NC(CO)C(O)C(O)CCCCCCCCCCCCCCCCC. The summed E-state index contributed by atoms with van der Waals surface area (Å²) < 4.78 is 0. The highest BCUT2D eigenvalue weighted by molar-refractivity contribution is 5.80. The Morgan fingerprint density at radius 3 is 1.00 bits per heavy atom. The molecule has 0 aliphatic rings. The first-order chi connectivity index (χ1) is 28.5. The molecule has 0 spiro atoms. The van der Waals surface area contributed by atoms with Crippen LogP contribution in [0.2, 0.25) is 0 Å². The molecule has 58 heavy (non-hydrogen) atoms. The van der Waals surface area contributed by atoms with E-state index in [2.05, 4.69) is 31.3 Å². The minimum atomic E-state index is -1.26. The fraction of sp³-hybridized carbons (Fsp3) is 0.942. The number of hydrogen-bond acceptors (Lipinski definition) is 5. The van der Waals surface area contributed by atoms with E-state index in [-0.39, 0.29) is 0 Å². The van der Waals surface area contributed by atoms with Gasteiger partial charge < -0.3 is 25.7 Å². The topological polar surface area (TPSA) is 110 Å². The van der Waals surface area contributed by atoms with Crippen LogP contribution in [0.15, 0.2) is 12.2 Å². The molecule has 346 valence electrons. The van der Waals surface area contributed by atoms with Gasteiger partial charge in [-0.15, -0.1) is 0 Å². The summed E-state index contributed by atoms with van der Waals surface area (Å²) in [6.07, 6.45) is 54.1. The molecule has 6 heteroatoms. The molecule has 0 aromatic carbocycles. The summed E-state index contributed by atoms with van der Waals surface area (Å²) >= 11 is 0. The van der Waals surface area contributed by atoms with Crippen molar-refractivity contribution in [1.29, 1.82) is 0 Å². The van der Waals surface area contributed by atoms with Crippen LogP contribution in [0.1, 0.15) is 284 Å². The number of aliphatic hydroxyl groups is 4. The zero-order valence-electron chi connectivity index (χ0n) is 39.1. The lowest BCUT2D eigenvalue weighted by molar-refractivity contribution is -0.132. The second kappa shape index (κ2) is 47.1. The number of carbonyl (C=O) groups is 1. The molecule has 5 N–H and O–H groups in total. The minimum Gasteiger partial charge on any atom is -0.394 e. The lowest BCUT2D eigenvalue weighted by Crippen LogP contribution is -2.53. The van der Waals surface area contributed by atoms with Gasteiger partial charge in [-0.3, -0.25) is 4.79 Å². The largest absolute Gasteiger partial charge is 0.394 e. The van der Waals surface area contributed by atoms with Gasteiger partial charge in [0, 0.05) is 0 Å². The third-order valence-corrected chi connectivity index (χ3v) is 12.5. The van der Waals surface area contributed by atoms with E-state index in [4.69, 9.17) is 0 Å². The molecule has 0 aliphatic carbocycles. The number of allylic oxidation sites excluding steroid dienone is 2. The molecule has 6 nitrogen and oxygen atoms in total. The number of aliphatic hydroxyl groups excluding tert-OH is 4. The molecule has 4 atom stereocenters. The second-order valence-corrected chi connectivity index (χ2v) is 18.2. The Hall–Kier alpha value is -0.950. The summed E-state index contributed by atoms with van der Waals surface area (Å²) in [6.45, 7) is 4.08. The van der Waals surface area contributed by atoms with Crippen molar-refractivity contribution < 1.29 is 25.2 Å². The molecular formula is C52H103NO5. The second-order valence-electron chi connectivity index (χ2n) is 18.2. The van der Waals surface area contributed by atoms with E-state index in [0.29, 0.717) is 12.8 Å². The van der Waals surface area contributed by atoms with E-state index in [0.717, 1.165) is 38.5 Å². The number of carbonyl (C=O) groups excluding carboxylic acids is 1. The van der Waals surface area contributed by atoms with Crippen molar-refractivity contribution in [3.05, 3.63) is 12.2 Å². The summed E-state index contributed by atoms with van der Waals surface area (Å²) in [6, 6.07) is -0.982. The summed E-state index contributed by atoms with van der Waals surface area (Å²) in [5.41, 5.74) is 0. The van der Waals surface area contributed by atoms with Gasteiger partial charge >= 0.3 is 0 Å². The Morgan fingerprint density at radius 1 is 0.414 bits per heavy atom. The Balaban J connectivity index is 3.61. The number of amides is 1. The molecular weight excluding hydrogens is 719 g/mol. The van der Waals surface area contributed by atoms with Gasteiger partial charge in [-0.1, -0.05) is 257 Å². The number of unbranched alkanes of at least 4 members (excludes halogenated alkanes) is 37. The van der Waals surface area contributed by atoms with Crippen molar-refractivity contribution in [3.8, 4) is 0 Å². The van der Waals surface area contributed by atoms with E-state index in [1.807, 2.05) is 0 Å². The zero-order valence-corrected chi connectivity index (χ0v) is 39.1. The van der Waals surface area contributed by atoms with Crippen molar-refractivity contribution in [2.45, 2.75) is 308 Å². The van der Waals surface area contributed by atoms with E-state index in [1.165, 1.54) is 218 Å². The average Bonchev–Trinajstić information content (AvgIpc) is 3.23. The molecule has 0 saturated heterocycles. The Kier molecular flexibility index (Phi) is 46.3. The van der Waals surface area contributed by atoms with Gasteiger partial charge in [0.1, 0.15) is 12.2 Å². The molecule has 0 saturated carbocycles. The fourth-order valence-electron chi connectivity index (χ4n) is 8.34. The molecule has 0 rings (SSSR count). The zero-order chi connectivity index (χ0) is 42.4. The third kappa shape index (κ3) is 40.5. The first-order valence-electron chi connectivity index (χ1n) is 26.1. The van der Waals surface area contributed by atoms with Crippen LogP contribution in [-0.2, 0) is 4.79 Å². The number of rotatable bonds is 48. The van der Waals surface area contributed by atoms with Crippen LogP contribution in [0.25, 0.3) is 0 Å². The maximum atomic E-state index is 12.6. The quantitative estimate of drug-likeness (QED) is 0.0310. The normalized spacial score (nSPS) is 14.0. The molecule has 4 unspecified atom stereocenters. The van der Waals surface area contributed by atoms with Crippen LogP contribution in [0.5, 0.6) is 0 Å². The van der Waals surface area contributed by atoms with Crippen LogP contribution >= 0.6 is 0 Å². The summed E-state index contributed by atoms with van der Waals surface area (Å²) in [4.78, 5) is 12.6. The average molecular weight is 822 g/mol. The van der Waals surface area contributed by atoms with Gasteiger partial charge in [-0.05, 0) is 38.5 Å². The lowest BCUT2D eigenvalue weighted by atomic mass is 9.99. The molecule has 0 fully saturated rings. The lowest BCUT2D eigenvalue weighted by Gasteiger charge is -2.27. The van der Waals surface area contributed by atoms with Crippen molar-refractivity contribution >= 4 is 5.91 Å². The van der Waals surface area contributed by atoms with E-state index in [9.17, 15) is 25.2 Å². The van der Waals surface area contributed by atoms with E-state index >= 15 is 0 Å². The highest BCUT2D eigenvalue weighted by Crippen LogP contribution is 2.17. The maximum Gasteiger partial charge on any atom is 0.249 e. The molecule has 0 radical (unpaired) electrons. The summed E-state index contributed by atoms with van der Waals surface area (Å²) in [5, 5.41) is 43.9. The van der Waals surface area contributed by atoms with Gasteiger partial charge in [0.15, 0.2) is 0 Å². The highest BCUT2D eigenvalue weighted by Gasteiger charge is 2.28. The van der Waals surface area contributed by atoms with Gasteiger partial charge in [0.25, 0.3) is 0 Å². The molecule has 1 amide bonds. The minimum absolute atomic E-state index is 0.371. The number of nitrogens with one attached hydrogen (secondary N) is 1. The Labute approximate surface area is 362 Å². The van der Waals surface area contributed by atoms with Gasteiger partial charge in [0.2, 0.25) is 5.91 Å². The standard InChI is InChI=1S/C52H103NO5/c1-3-5-7-9-11-13-15-17-19-20-21-22-23-24-25-26-27-28-29-30-32-34-36-38-40-42-44-46-50(56)52(58)53-48(47-54)51(57)49(55)45-43-41-39-37-35-33-31-18-16-14-12-10-8-6-4-2/h24-25,48-51,54-57H,3-23,26-47H2,1-2H3,(H,53,58)/b25-24-. The van der Waals surface area contributed by atoms with E-state index in [1.54, 1.807) is 0 Å². The van der Waals surface area contributed by atoms with Crippen LogP contribution in [0, 0.1) is 0 Å². The van der Waals surface area contributed by atoms with Gasteiger partial charge in [-0.25, -0.2) is 0 Å². The Morgan fingerprint density at radius 2 is 0.690 bits per heavy atom. The van der Waals surface area contributed by atoms with E-state index < -0.39 is 36.9 Å². The summed E-state index contributed by atoms with van der Waals surface area (Å²) in [5.74, 6) is -0.580. The van der Waals surface area contributed by atoms with Crippen molar-refractivity contribution in [2.24, 2.45) is 0 Å². The molecule has 0 aliphatic heterocycles. The number of hydrogen-bond donors (Lipinski definition) is 5. The molecule has 0 heterocycles. The first-order valence-corrected chi connectivity index (χ1v) is 26.1. The highest BCUT2D eigenvalue weighted by atomic mass is 16.3. The van der Waals surface area contributed by atoms with Crippen molar-refractivity contribution in [2.75, 3.05) is 6.61 Å². The monoisotopic (exact) mass is 822 g/mol. The summed E-state index contributed by atoms with van der Waals surface area (Å²) in [7, 11) is 0. The van der Waals surface area contributed by atoms with Gasteiger partial charge in [-0.2, -0.15) is 0 Å². The predicted octanol–water partition coefficient (Wildman–Crippen LogP) is 14.5. The molecule has 0 bridgehead atoms. The fourth-order valence-corrected chi connectivity index (χ4v) is 8.34. The van der Waals surface area contributed by atoms with Gasteiger partial charge in [0.05, 0.1) is 18.8 Å². The molecule has 0 aromatic heterocycles. The van der Waals surface area contributed by atoms with Crippen molar-refractivity contribution in [1.82, 2.24) is 5.32 Å². The first kappa shape index (κ1) is 57.1. The van der Waals surface area contributed by atoms with Crippen LogP contribution < -0.4 is 5.32 Å². The van der Waals surface area contributed by atoms with Crippen LogP contribution in [0.3, 0.4) is 0 Å². The van der Waals surface area contributed by atoms with Crippen LogP contribution in [0.4, 0.5) is 0 Å². The maximum absolute atomic E-state index is 12.6. The predicted molar refractivity (Wildman–Crippen MR) is 251 cm³/mol. The van der Waals surface area contributed by atoms with Crippen molar-refractivity contribution in [3.63, 3.8) is 0 Å². The Bertz CT molecular complexity index is 837. The molecule has 0 aromatic rings.